The molecule has 2 unspecified atom stereocenters. The number of carbonyl (C=O) groups excluding carboxylic acids is 3. The van der Waals surface area contributed by atoms with E-state index in [0.717, 1.165) is 42.5 Å². The average molecular weight is 635 g/mol. The van der Waals surface area contributed by atoms with E-state index in [4.69, 9.17) is 0 Å². The number of carbonyl (C=O) groups is 3. The Morgan fingerprint density at radius 2 is 1.79 bits per heavy atom. The number of nitrogens with zero attached hydrogens (tertiary/aromatic N) is 4. The Labute approximate surface area is 272 Å². The van der Waals surface area contributed by atoms with Crippen LogP contribution in [-0.4, -0.2) is 61.0 Å². The molecule has 11 nitrogen and oxygen atoms in total. The summed E-state index contributed by atoms with van der Waals surface area (Å²) in [5.74, 6) is 0.153. The Morgan fingerprint density at radius 1 is 1.00 bits per heavy atom. The van der Waals surface area contributed by atoms with Gasteiger partial charge in [-0.15, -0.1) is 0 Å². The molecule has 1 saturated carbocycles. The molecule has 0 radical (unpaired) electrons. The standard InChI is InChI=1S/C36H38N6O5/c43-31(19-23-10-11-25-20-32(44)38-29(25)18-23)39-30-13-12-28-33(40-30)35(46)42(22-37-28)21-36(47)14-16-41(17-15-36)34(45)27-9-5-4-8-26(27)24-6-2-1-3-7-24/h1-3,6-7,10-13,18,22,26-27,47H,4-5,8-9,14-17,19-21H2,(H,38,44)(H,39,40,43). The third-order valence-corrected chi connectivity index (χ3v) is 9.89. The minimum atomic E-state index is -1.18. The van der Waals surface area contributed by atoms with Crippen LogP contribution in [0.1, 0.15) is 61.1 Å². The summed E-state index contributed by atoms with van der Waals surface area (Å²) in [4.78, 5) is 62.3. The Bertz CT molecular complexity index is 1900. The summed E-state index contributed by atoms with van der Waals surface area (Å²) < 4.78 is 1.36. The summed E-state index contributed by atoms with van der Waals surface area (Å²) >= 11 is 0. The van der Waals surface area contributed by atoms with Crippen molar-refractivity contribution in [3.05, 3.63) is 94.0 Å². The molecule has 11 heteroatoms. The van der Waals surface area contributed by atoms with Crippen LogP contribution in [0.5, 0.6) is 0 Å². The van der Waals surface area contributed by atoms with Gasteiger partial charge in [0.25, 0.3) is 5.56 Å². The van der Waals surface area contributed by atoms with Gasteiger partial charge < -0.3 is 20.6 Å². The van der Waals surface area contributed by atoms with E-state index in [2.05, 4.69) is 32.7 Å². The molecule has 3 aliphatic rings. The zero-order valence-electron chi connectivity index (χ0n) is 26.2. The highest BCUT2D eigenvalue weighted by molar-refractivity contribution is 5.99. The van der Waals surface area contributed by atoms with E-state index in [1.54, 1.807) is 18.2 Å². The summed E-state index contributed by atoms with van der Waals surface area (Å²) in [6, 6.07) is 19.0. The maximum absolute atomic E-state index is 13.7. The Hall–Kier alpha value is -4.90. The first-order valence-corrected chi connectivity index (χ1v) is 16.4. The normalized spacial score (nSPS) is 20.4. The summed E-state index contributed by atoms with van der Waals surface area (Å²) in [6.45, 7) is 0.877. The van der Waals surface area contributed by atoms with Crippen molar-refractivity contribution in [3.8, 4) is 0 Å². The first-order valence-electron chi connectivity index (χ1n) is 16.4. The number of pyridine rings is 1. The van der Waals surface area contributed by atoms with E-state index in [9.17, 15) is 24.3 Å². The minimum Gasteiger partial charge on any atom is -0.388 e. The molecule has 7 rings (SSSR count). The fraction of sp³-hybridized carbons (Fsp3) is 0.389. The number of piperidine rings is 1. The predicted octanol–water partition coefficient (Wildman–Crippen LogP) is 3.79. The third-order valence-electron chi connectivity index (χ3n) is 9.89. The number of likely N-dealkylation sites (tertiary alicyclic amines) is 1. The van der Waals surface area contributed by atoms with Crippen LogP contribution in [0.2, 0.25) is 0 Å². The van der Waals surface area contributed by atoms with Gasteiger partial charge in [0, 0.05) is 24.7 Å². The fourth-order valence-electron chi connectivity index (χ4n) is 7.34. The molecular weight excluding hydrogens is 596 g/mol. The van der Waals surface area contributed by atoms with Crippen LogP contribution in [0.25, 0.3) is 11.0 Å². The number of hydrogen-bond donors (Lipinski definition) is 3. The lowest BCUT2D eigenvalue weighted by atomic mass is 9.74. The smallest absolute Gasteiger partial charge is 0.280 e. The van der Waals surface area contributed by atoms with Gasteiger partial charge in [0.05, 0.1) is 36.8 Å². The number of rotatable bonds is 7. The average Bonchev–Trinajstić information content (AvgIpc) is 3.46. The van der Waals surface area contributed by atoms with Crippen molar-refractivity contribution in [2.45, 2.75) is 69.4 Å². The van der Waals surface area contributed by atoms with Gasteiger partial charge in [-0.2, -0.15) is 0 Å². The van der Waals surface area contributed by atoms with E-state index in [-0.39, 0.29) is 53.9 Å². The molecule has 2 atom stereocenters. The summed E-state index contributed by atoms with van der Waals surface area (Å²) in [6.07, 6.45) is 6.57. The highest BCUT2D eigenvalue weighted by Gasteiger charge is 2.39. The first kappa shape index (κ1) is 30.7. The molecule has 242 valence electrons. The van der Waals surface area contributed by atoms with Crippen LogP contribution >= 0.6 is 0 Å². The zero-order chi connectivity index (χ0) is 32.5. The van der Waals surface area contributed by atoms with E-state index in [1.165, 1.54) is 16.5 Å². The van der Waals surface area contributed by atoms with Crippen molar-refractivity contribution < 1.29 is 19.5 Å². The zero-order valence-corrected chi connectivity index (χ0v) is 26.2. The van der Waals surface area contributed by atoms with Crippen molar-refractivity contribution in [2.24, 2.45) is 5.92 Å². The predicted molar refractivity (Wildman–Crippen MR) is 177 cm³/mol. The van der Waals surface area contributed by atoms with Crippen molar-refractivity contribution in [1.82, 2.24) is 19.4 Å². The molecule has 2 aliphatic heterocycles. The second-order valence-electron chi connectivity index (χ2n) is 13.1. The Balaban J connectivity index is 0.996. The van der Waals surface area contributed by atoms with E-state index in [1.807, 2.05) is 35.2 Å². The van der Waals surface area contributed by atoms with Gasteiger partial charge in [-0.1, -0.05) is 55.3 Å². The molecule has 4 aromatic rings. The fourth-order valence-corrected chi connectivity index (χ4v) is 7.34. The van der Waals surface area contributed by atoms with Crippen LogP contribution in [0.15, 0.2) is 71.8 Å². The van der Waals surface area contributed by atoms with Crippen LogP contribution < -0.4 is 16.2 Å². The molecule has 3 N–H and O–H groups in total. The minimum absolute atomic E-state index is 0.0278. The lowest BCUT2D eigenvalue weighted by Crippen LogP contribution is -2.51. The number of aromatic nitrogens is 3. The number of benzene rings is 2. The van der Waals surface area contributed by atoms with E-state index < -0.39 is 11.2 Å². The molecule has 2 fully saturated rings. The van der Waals surface area contributed by atoms with Crippen LogP contribution in [-0.2, 0) is 33.8 Å². The molecule has 2 aromatic carbocycles. The second-order valence-corrected chi connectivity index (χ2v) is 13.1. The second kappa shape index (κ2) is 12.7. The van der Waals surface area contributed by atoms with Crippen molar-refractivity contribution in [1.29, 1.82) is 0 Å². The lowest BCUT2D eigenvalue weighted by Gasteiger charge is -2.41. The number of amides is 3. The first-order chi connectivity index (χ1) is 22.7. The van der Waals surface area contributed by atoms with Crippen molar-refractivity contribution >= 4 is 40.3 Å². The van der Waals surface area contributed by atoms with E-state index in [0.29, 0.717) is 37.9 Å². The molecule has 0 spiro atoms. The molecular formula is C36H38N6O5. The number of anilines is 2. The largest absolute Gasteiger partial charge is 0.388 e. The highest BCUT2D eigenvalue weighted by atomic mass is 16.3. The summed E-state index contributed by atoms with van der Waals surface area (Å²) in [5, 5.41) is 17.1. The van der Waals surface area contributed by atoms with Crippen molar-refractivity contribution in [2.75, 3.05) is 23.7 Å². The van der Waals surface area contributed by atoms with Gasteiger partial charge in [0.1, 0.15) is 5.82 Å². The number of nitrogens with one attached hydrogen (secondary N) is 2. The molecule has 3 amide bonds. The molecule has 4 heterocycles. The SMILES string of the molecule is O=C(Cc1ccc2c(c1)NC(=O)C2)Nc1ccc2ncn(CC3(O)CCN(C(=O)C4CCCCC4c4ccccc4)CC3)c(=O)c2n1. The lowest BCUT2D eigenvalue weighted by molar-refractivity contribution is -0.142. The molecule has 47 heavy (non-hydrogen) atoms. The molecule has 0 bridgehead atoms. The number of fused-ring (bicyclic) bond motifs is 2. The monoisotopic (exact) mass is 634 g/mol. The quantitative estimate of drug-likeness (QED) is 0.280. The maximum Gasteiger partial charge on any atom is 0.280 e. The van der Waals surface area contributed by atoms with E-state index >= 15 is 0 Å². The molecule has 1 aliphatic carbocycles. The number of hydrogen-bond acceptors (Lipinski definition) is 7. The molecule has 1 saturated heterocycles. The van der Waals surface area contributed by atoms with Gasteiger partial charge in [0.15, 0.2) is 5.52 Å². The highest BCUT2D eigenvalue weighted by Crippen LogP contribution is 2.39. The van der Waals surface area contributed by atoms with Crippen LogP contribution in [0.4, 0.5) is 11.5 Å². The Morgan fingerprint density at radius 3 is 2.60 bits per heavy atom. The van der Waals surface area contributed by atoms with Crippen LogP contribution in [0, 0.1) is 5.92 Å². The third kappa shape index (κ3) is 6.53. The summed E-state index contributed by atoms with van der Waals surface area (Å²) in [5.41, 5.74) is 2.45. The topological polar surface area (TPSA) is 147 Å². The van der Waals surface area contributed by atoms with Gasteiger partial charge in [-0.25, -0.2) is 9.97 Å². The van der Waals surface area contributed by atoms with Crippen LogP contribution in [0.3, 0.4) is 0 Å². The van der Waals surface area contributed by atoms with Gasteiger partial charge in [0.2, 0.25) is 17.7 Å². The van der Waals surface area contributed by atoms with Crippen molar-refractivity contribution in [3.63, 3.8) is 0 Å². The summed E-state index contributed by atoms with van der Waals surface area (Å²) in [7, 11) is 0. The van der Waals surface area contributed by atoms with Gasteiger partial charge in [-0.05, 0) is 66.5 Å². The number of aliphatic hydroxyl groups is 1. The van der Waals surface area contributed by atoms with Gasteiger partial charge >= 0.3 is 0 Å². The van der Waals surface area contributed by atoms with Gasteiger partial charge in [-0.3, -0.25) is 23.7 Å². The molecule has 2 aromatic heterocycles. The Kier molecular flexibility index (Phi) is 8.31. The maximum atomic E-state index is 13.7.